The second-order valence-corrected chi connectivity index (χ2v) is 9.42. The van der Waals surface area contributed by atoms with Crippen molar-refractivity contribution in [2.45, 2.75) is 46.1 Å². The number of piperazine rings is 1. The van der Waals surface area contributed by atoms with Crippen molar-refractivity contribution in [1.82, 2.24) is 14.9 Å². The molecule has 1 aromatic heterocycles. The number of nitrogens with zero attached hydrogens (tertiary/aromatic N) is 5. The minimum atomic E-state index is -0.509. The molecule has 9 heteroatoms. The quantitative estimate of drug-likeness (QED) is 0.576. The largest absolute Gasteiger partial charge is 0.493 e. The molecule has 0 bridgehead atoms. The van der Waals surface area contributed by atoms with Gasteiger partial charge in [0, 0.05) is 51.7 Å². The highest BCUT2D eigenvalue weighted by atomic mass is 16.6. The monoisotopic (exact) mass is 459 g/mol. The number of unbranched alkanes of at least 4 members (excludes halogenated alkanes) is 1. The van der Waals surface area contributed by atoms with Gasteiger partial charge in [-0.2, -0.15) is 4.98 Å². The molecular weight excluding hydrogens is 422 g/mol. The van der Waals surface area contributed by atoms with Crippen LogP contribution in [0.15, 0.2) is 12.1 Å². The molecule has 2 aromatic rings. The molecule has 3 rings (SSSR count). The lowest BCUT2D eigenvalue weighted by Gasteiger charge is -2.36. The molecule has 0 spiro atoms. The van der Waals surface area contributed by atoms with Gasteiger partial charge in [0.25, 0.3) is 0 Å². The molecular formula is C24H37N5O4. The molecule has 0 N–H and O–H groups in total. The highest BCUT2D eigenvalue weighted by Crippen LogP contribution is 2.36. The lowest BCUT2D eigenvalue weighted by Crippen LogP contribution is -2.50. The fraction of sp³-hybridized carbons (Fsp3) is 0.625. The first-order valence-corrected chi connectivity index (χ1v) is 11.6. The van der Waals surface area contributed by atoms with E-state index in [9.17, 15) is 4.79 Å². The third-order valence-electron chi connectivity index (χ3n) is 5.34. The Hall–Kier alpha value is -2.97. The summed E-state index contributed by atoms with van der Waals surface area (Å²) in [6, 6.07) is 3.88. The van der Waals surface area contributed by atoms with Gasteiger partial charge in [0.2, 0.25) is 5.95 Å². The molecule has 1 saturated heterocycles. The van der Waals surface area contributed by atoms with Crippen molar-refractivity contribution in [1.29, 1.82) is 0 Å². The molecule has 0 atom stereocenters. The number of hydrogen-bond acceptors (Lipinski definition) is 8. The summed E-state index contributed by atoms with van der Waals surface area (Å²) in [5, 5.41) is 0.894. The van der Waals surface area contributed by atoms with Gasteiger partial charge in [-0.25, -0.2) is 9.78 Å². The van der Waals surface area contributed by atoms with Gasteiger partial charge in [-0.1, -0.05) is 13.3 Å². The highest BCUT2D eigenvalue weighted by Gasteiger charge is 2.28. The fourth-order valence-electron chi connectivity index (χ4n) is 3.58. The Labute approximate surface area is 196 Å². The number of amides is 1. The molecule has 0 saturated carbocycles. The number of methoxy groups -OCH3 is 1. The maximum atomic E-state index is 12.5. The van der Waals surface area contributed by atoms with E-state index in [1.165, 1.54) is 0 Å². The van der Waals surface area contributed by atoms with Gasteiger partial charge < -0.3 is 28.9 Å². The van der Waals surface area contributed by atoms with Crippen molar-refractivity contribution >= 4 is 28.8 Å². The van der Waals surface area contributed by atoms with Crippen LogP contribution in [-0.2, 0) is 4.74 Å². The molecule has 33 heavy (non-hydrogen) atoms. The first-order valence-electron chi connectivity index (χ1n) is 11.6. The Morgan fingerprint density at radius 2 is 1.79 bits per heavy atom. The second-order valence-electron chi connectivity index (χ2n) is 9.42. The van der Waals surface area contributed by atoms with Crippen LogP contribution < -0.4 is 19.3 Å². The van der Waals surface area contributed by atoms with E-state index in [1.54, 1.807) is 12.0 Å². The molecule has 0 aliphatic carbocycles. The van der Waals surface area contributed by atoms with Gasteiger partial charge in [0.05, 0.1) is 19.2 Å². The van der Waals surface area contributed by atoms with Crippen molar-refractivity contribution in [2.24, 2.45) is 0 Å². The third-order valence-corrected chi connectivity index (χ3v) is 5.34. The number of carbonyl (C=O) groups is 1. The smallest absolute Gasteiger partial charge is 0.410 e. The molecule has 9 nitrogen and oxygen atoms in total. The van der Waals surface area contributed by atoms with Crippen molar-refractivity contribution in [2.75, 3.05) is 63.8 Å². The molecule has 1 aliphatic heterocycles. The van der Waals surface area contributed by atoms with Crippen molar-refractivity contribution in [3.05, 3.63) is 12.1 Å². The molecule has 0 unspecified atom stereocenters. The molecule has 2 heterocycles. The number of fused-ring (bicyclic) bond motifs is 1. The van der Waals surface area contributed by atoms with E-state index in [2.05, 4.69) is 11.8 Å². The topological polar surface area (TPSA) is 80.3 Å². The van der Waals surface area contributed by atoms with Crippen LogP contribution in [0.4, 0.5) is 16.6 Å². The fourth-order valence-corrected chi connectivity index (χ4v) is 3.58. The molecule has 0 radical (unpaired) electrons. The van der Waals surface area contributed by atoms with Crippen LogP contribution in [0.3, 0.4) is 0 Å². The third kappa shape index (κ3) is 6.09. The van der Waals surface area contributed by atoms with Crippen molar-refractivity contribution in [3.8, 4) is 11.5 Å². The predicted octanol–water partition coefficient (Wildman–Crippen LogP) is 3.94. The van der Waals surface area contributed by atoms with E-state index in [4.69, 9.17) is 24.2 Å². The van der Waals surface area contributed by atoms with E-state index in [1.807, 2.05) is 51.9 Å². The zero-order valence-electron chi connectivity index (χ0n) is 21.0. The second kappa shape index (κ2) is 10.3. The molecule has 1 aliphatic rings. The van der Waals surface area contributed by atoms with E-state index in [0.717, 1.165) is 29.6 Å². The first-order chi connectivity index (χ1) is 15.6. The van der Waals surface area contributed by atoms with E-state index in [-0.39, 0.29) is 6.09 Å². The van der Waals surface area contributed by atoms with Crippen LogP contribution in [0.1, 0.15) is 40.5 Å². The van der Waals surface area contributed by atoms with Gasteiger partial charge in [-0.15, -0.1) is 0 Å². The van der Waals surface area contributed by atoms with E-state index in [0.29, 0.717) is 50.2 Å². The number of carbonyl (C=O) groups excluding carboxylic acids is 1. The zero-order chi connectivity index (χ0) is 24.2. The van der Waals surface area contributed by atoms with Gasteiger partial charge in [0.15, 0.2) is 11.5 Å². The summed E-state index contributed by atoms with van der Waals surface area (Å²) in [5.41, 5.74) is 0.288. The highest BCUT2D eigenvalue weighted by molar-refractivity contribution is 5.93. The summed E-state index contributed by atoms with van der Waals surface area (Å²) >= 11 is 0. The Morgan fingerprint density at radius 3 is 2.36 bits per heavy atom. The Bertz CT molecular complexity index is 965. The van der Waals surface area contributed by atoms with Crippen LogP contribution in [0.2, 0.25) is 0 Å². The van der Waals surface area contributed by atoms with Crippen LogP contribution in [0.25, 0.3) is 10.9 Å². The summed E-state index contributed by atoms with van der Waals surface area (Å²) in [6.45, 7) is 10.8. The standard InChI is InChI=1S/C24H37N5O4/c1-8-9-14-32-20-16-18-17(15-19(20)31-7)21(26-22(25-18)27(5)6)28-10-12-29(13-11-28)23(30)33-24(2,3)4/h15-16H,8-14H2,1-7H3. The zero-order valence-corrected chi connectivity index (χ0v) is 21.0. The summed E-state index contributed by atoms with van der Waals surface area (Å²) in [4.78, 5) is 27.9. The Kier molecular flexibility index (Phi) is 7.71. The van der Waals surface area contributed by atoms with E-state index < -0.39 is 5.60 Å². The van der Waals surface area contributed by atoms with Gasteiger partial charge >= 0.3 is 6.09 Å². The van der Waals surface area contributed by atoms with Crippen LogP contribution >= 0.6 is 0 Å². The maximum Gasteiger partial charge on any atom is 0.410 e. The maximum absolute atomic E-state index is 12.5. The molecule has 1 aromatic carbocycles. The molecule has 1 fully saturated rings. The van der Waals surface area contributed by atoms with Crippen LogP contribution in [0.5, 0.6) is 11.5 Å². The lowest BCUT2D eigenvalue weighted by atomic mass is 10.1. The average Bonchev–Trinajstić information content (AvgIpc) is 2.76. The van der Waals surface area contributed by atoms with Crippen LogP contribution in [0, 0.1) is 0 Å². The number of anilines is 2. The summed E-state index contributed by atoms with van der Waals surface area (Å²) in [7, 11) is 5.49. The normalized spacial score (nSPS) is 14.4. The number of aromatic nitrogens is 2. The number of rotatable bonds is 7. The minimum absolute atomic E-state index is 0.279. The van der Waals surface area contributed by atoms with Gasteiger partial charge in [-0.05, 0) is 33.3 Å². The number of benzene rings is 1. The average molecular weight is 460 g/mol. The SMILES string of the molecule is CCCCOc1cc2nc(N(C)C)nc(N3CCN(C(=O)OC(C)(C)C)CC3)c2cc1OC. The Morgan fingerprint density at radius 1 is 1.09 bits per heavy atom. The van der Waals surface area contributed by atoms with Gasteiger partial charge in [0.1, 0.15) is 11.4 Å². The molecule has 1 amide bonds. The number of hydrogen-bond donors (Lipinski definition) is 0. The first kappa shape index (κ1) is 24.7. The van der Waals surface area contributed by atoms with Crippen molar-refractivity contribution in [3.63, 3.8) is 0 Å². The van der Waals surface area contributed by atoms with Crippen LogP contribution in [-0.4, -0.2) is 80.6 Å². The molecule has 182 valence electrons. The minimum Gasteiger partial charge on any atom is -0.493 e. The van der Waals surface area contributed by atoms with Gasteiger partial charge in [-0.3, -0.25) is 0 Å². The summed E-state index contributed by atoms with van der Waals surface area (Å²) in [5.74, 6) is 2.79. The summed E-state index contributed by atoms with van der Waals surface area (Å²) in [6.07, 6.45) is 1.75. The van der Waals surface area contributed by atoms with E-state index >= 15 is 0 Å². The predicted molar refractivity (Wildman–Crippen MR) is 131 cm³/mol. The lowest BCUT2D eigenvalue weighted by molar-refractivity contribution is 0.0240. The number of ether oxygens (including phenoxy) is 3. The van der Waals surface area contributed by atoms with Crippen molar-refractivity contribution < 1.29 is 19.0 Å². The summed E-state index contributed by atoms with van der Waals surface area (Å²) < 4.78 is 17.1. The Balaban J connectivity index is 1.91.